The molecule has 3 heterocycles. The van der Waals surface area contributed by atoms with Gasteiger partial charge < -0.3 is 9.47 Å². The fourth-order valence-corrected chi connectivity index (χ4v) is 4.31. The number of nitrogens with zero attached hydrogens (tertiary/aromatic N) is 4. The topological polar surface area (TPSA) is 137 Å². The summed E-state index contributed by atoms with van der Waals surface area (Å²) in [7, 11) is 0. The minimum atomic E-state index is -0.852. The van der Waals surface area contributed by atoms with Crippen molar-refractivity contribution in [3.05, 3.63) is 33.3 Å². The van der Waals surface area contributed by atoms with Crippen molar-refractivity contribution in [2.45, 2.75) is 38.9 Å². The van der Waals surface area contributed by atoms with E-state index in [0.717, 1.165) is 12.8 Å². The van der Waals surface area contributed by atoms with Gasteiger partial charge in [0.2, 0.25) is 11.0 Å². The Balaban J connectivity index is 1.52. The number of hydrogen-bond acceptors (Lipinski definition) is 9. The van der Waals surface area contributed by atoms with Crippen LogP contribution in [0.25, 0.3) is 0 Å². The molecule has 2 unspecified atom stereocenters. The van der Waals surface area contributed by atoms with Gasteiger partial charge >= 0.3 is 0 Å². The molecular formula is C19H21N5O6S. The lowest BCUT2D eigenvalue weighted by atomic mass is 10.0. The zero-order valence-corrected chi connectivity index (χ0v) is 17.8. The minimum absolute atomic E-state index is 0.0987. The molecule has 164 valence electrons. The van der Waals surface area contributed by atoms with Crippen molar-refractivity contribution in [3.63, 3.8) is 0 Å². The van der Waals surface area contributed by atoms with Gasteiger partial charge in [0.05, 0.1) is 16.7 Å². The average molecular weight is 447 g/mol. The fourth-order valence-electron chi connectivity index (χ4n) is 3.47. The van der Waals surface area contributed by atoms with Gasteiger partial charge in [-0.1, -0.05) is 25.2 Å². The van der Waals surface area contributed by atoms with Crippen LogP contribution in [0.3, 0.4) is 0 Å². The zero-order valence-electron chi connectivity index (χ0n) is 16.9. The number of carbonyl (C=O) groups excluding carboxylic acids is 2. The molecule has 1 fully saturated rings. The van der Waals surface area contributed by atoms with E-state index in [1.807, 2.05) is 0 Å². The summed E-state index contributed by atoms with van der Waals surface area (Å²) in [4.78, 5) is 37.5. The molecular weight excluding hydrogens is 426 g/mol. The Morgan fingerprint density at radius 2 is 2.23 bits per heavy atom. The van der Waals surface area contributed by atoms with E-state index in [9.17, 15) is 19.7 Å². The second kappa shape index (κ2) is 8.55. The van der Waals surface area contributed by atoms with Crippen molar-refractivity contribution in [1.82, 2.24) is 10.2 Å². The maximum Gasteiger partial charge on any atom is 0.273 e. The van der Waals surface area contributed by atoms with Crippen molar-refractivity contribution in [2.24, 2.45) is 5.92 Å². The van der Waals surface area contributed by atoms with E-state index in [4.69, 9.17) is 9.47 Å². The number of ether oxygens (including phenoxy) is 2. The molecule has 1 aromatic carbocycles. The second-order valence-electron chi connectivity index (χ2n) is 7.61. The van der Waals surface area contributed by atoms with Crippen LogP contribution in [0.15, 0.2) is 18.2 Å². The molecule has 0 spiro atoms. The SMILES string of the molecule is CC(C)C1Oc2cc([N+](=O)[O-])ccc2N(CC(=O)Nc2nnc(C3CCCO3)s2)C1=O. The Bertz CT molecular complexity index is 1020. The number of rotatable bonds is 6. The van der Waals surface area contributed by atoms with Gasteiger partial charge in [-0.15, -0.1) is 10.2 Å². The molecule has 12 heteroatoms. The van der Waals surface area contributed by atoms with Crippen LogP contribution in [0.1, 0.15) is 37.8 Å². The number of non-ortho nitro benzene ring substituents is 1. The maximum atomic E-state index is 13.0. The summed E-state index contributed by atoms with van der Waals surface area (Å²) in [5.74, 6) is -0.847. The highest BCUT2D eigenvalue weighted by molar-refractivity contribution is 7.15. The molecule has 2 amide bonds. The van der Waals surface area contributed by atoms with Crippen molar-refractivity contribution in [3.8, 4) is 5.75 Å². The van der Waals surface area contributed by atoms with E-state index in [-0.39, 0.29) is 35.9 Å². The standard InChI is InChI=1S/C19H21N5O6S/c1-10(2)16-18(26)23(12-6-5-11(24(27)28)8-14(12)30-16)9-15(25)20-19-22-21-17(31-19)13-4-3-7-29-13/h5-6,8,10,13,16H,3-4,7,9H2,1-2H3,(H,20,22,25). The number of amides is 2. The summed E-state index contributed by atoms with van der Waals surface area (Å²) in [6.45, 7) is 4.00. The molecule has 0 saturated carbocycles. The fraction of sp³-hybridized carbons (Fsp3) is 0.474. The third kappa shape index (κ3) is 4.35. The van der Waals surface area contributed by atoms with Crippen molar-refractivity contribution >= 4 is 39.7 Å². The predicted molar refractivity (Wildman–Crippen MR) is 111 cm³/mol. The Hall–Kier alpha value is -3.12. The van der Waals surface area contributed by atoms with Gasteiger partial charge in [-0.05, 0) is 24.8 Å². The number of anilines is 2. The number of benzene rings is 1. The van der Waals surface area contributed by atoms with Crippen LogP contribution in [-0.4, -0.2) is 46.2 Å². The molecule has 1 saturated heterocycles. The van der Waals surface area contributed by atoms with E-state index in [0.29, 0.717) is 22.4 Å². The zero-order chi connectivity index (χ0) is 22.1. The van der Waals surface area contributed by atoms with Crippen LogP contribution in [0.4, 0.5) is 16.5 Å². The highest BCUT2D eigenvalue weighted by atomic mass is 32.1. The van der Waals surface area contributed by atoms with Crippen LogP contribution in [-0.2, 0) is 14.3 Å². The number of nitro benzene ring substituents is 1. The van der Waals surface area contributed by atoms with E-state index in [1.54, 1.807) is 13.8 Å². The summed E-state index contributed by atoms with van der Waals surface area (Å²) in [5, 5.41) is 22.9. The molecule has 31 heavy (non-hydrogen) atoms. The van der Waals surface area contributed by atoms with Crippen LogP contribution in [0.5, 0.6) is 5.75 Å². The lowest BCUT2D eigenvalue weighted by molar-refractivity contribution is -0.384. The molecule has 2 aliphatic heterocycles. The van der Waals surface area contributed by atoms with Crippen molar-refractivity contribution in [2.75, 3.05) is 23.4 Å². The summed E-state index contributed by atoms with van der Waals surface area (Å²) in [5.41, 5.74) is 0.149. The normalized spacial score (nSPS) is 20.5. The van der Waals surface area contributed by atoms with Crippen LogP contribution >= 0.6 is 11.3 Å². The van der Waals surface area contributed by atoms with Gasteiger partial charge in [0.1, 0.15) is 17.7 Å². The van der Waals surface area contributed by atoms with Crippen LogP contribution in [0.2, 0.25) is 0 Å². The summed E-state index contributed by atoms with van der Waals surface area (Å²) < 4.78 is 11.3. The predicted octanol–water partition coefficient (Wildman–Crippen LogP) is 2.69. The smallest absolute Gasteiger partial charge is 0.273 e. The molecule has 0 radical (unpaired) electrons. The molecule has 0 aliphatic carbocycles. The van der Waals surface area contributed by atoms with Crippen LogP contribution < -0.4 is 15.0 Å². The molecule has 2 aliphatic rings. The van der Waals surface area contributed by atoms with E-state index in [1.165, 1.54) is 34.4 Å². The monoisotopic (exact) mass is 447 g/mol. The van der Waals surface area contributed by atoms with Gasteiger partial charge in [0.25, 0.3) is 11.6 Å². The first kappa shape index (κ1) is 21.1. The molecule has 0 bridgehead atoms. The number of nitro groups is 1. The first-order valence-corrected chi connectivity index (χ1v) is 10.7. The lowest BCUT2D eigenvalue weighted by Crippen LogP contribution is -2.50. The Kier molecular flexibility index (Phi) is 5.83. The van der Waals surface area contributed by atoms with Crippen molar-refractivity contribution < 1.29 is 24.0 Å². The Labute approximate surface area is 181 Å². The quantitative estimate of drug-likeness (QED) is 0.527. The second-order valence-corrected chi connectivity index (χ2v) is 8.62. The summed E-state index contributed by atoms with van der Waals surface area (Å²) in [6.07, 6.45) is 0.873. The first-order valence-electron chi connectivity index (χ1n) is 9.85. The third-order valence-corrected chi connectivity index (χ3v) is 5.94. The largest absolute Gasteiger partial charge is 0.478 e. The molecule has 4 rings (SSSR count). The summed E-state index contributed by atoms with van der Waals surface area (Å²) in [6, 6.07) is 3.95. The lowest BCUT2D eigenvalue weighted by Gasteiger charge is -2.35. The minimum Gasteiger partial charge on any atom is -0.478 e. The van der Waals surface area contributed by atoms with Crippen LogP contribution in [0, 0.1) is 16.0 Å². The third-order valence-electron chi connectivity index (χ3n) is 5.01. The number of hydrogen-bond donors (Lipinski definition) is 1. The summed E-state index contributed by atoms with van der Waals surface area (Å²) >= 11 is 1.24. The molecule has 11 nitrogen and oxygen atoms in total. The van der Waals surface area contributed by atoms with Crippen molar-refractivity contribution in [1.29, 1.82) is 0 Å². The number of aromatic nitrogens is 2. The Morgan fingerprint density at radius 3 is 2.90 bits per heavy atom. The molecule has 2 aromatic rings. The average Bonchev–Trinajstić information content (AvgIpc) is 3.41. The highest BCUT2D eigenvalue weighted by Gasteiger charge is 2.38. The van der Waals surface area contributed by atoms with Gasteiger partial charge in [0.15, 0.2) is 11.9 Å². The molecule has 2 atom stereocenters. The number of carbonyl (C=O) groups is 2. The van der Waals surface area contributed by atoms with E-state index in [2.05, 4.69) is 15.5 Å². The van der Waals surface area contributed by atoms with Gasteiger partial charge in [-0.2, -0.15) is 0 Å². The number of nitrogens with one attached hydrogen (secondary N) is 1. The highest BCUT2D eigenvalue weighted by Crippen LogP contribution is 2.38. The Morgan fingerprint density at radius 1 is 1.42 bits per heavy atom. The molecule has 1 aromatic heterocycles. The first-order chi connectivity index (χ1) is 14.8. The van der Waals surface area contributed by atoms with E-state index < -0.39 is 16.9 Å². The van der Waals surface area contributed by atoms with E-state index >= 15 is 0 Å². The maximum absolute atomic E-state index is 13.0. The van der Waals surface area contributed by atoms with Gasteiger partial charge in [-0.3, -0.25) is 29.9 Å². The van der Waals surface area contributed by atoms with Gasteiger partial charge in [0, 0.05) is 12.7 Å². The van der Waals surface area contributed by atoms with Gasteiger partial charge in [-0.25, -0.2) is 0 Å². The molecule has 1 N–H and O–H groups in total. The number of fused-ring (bicyclic) bond motifs is 1.